The first-order chi connectivity index (χ1) is 7.78. The smallest absolute Gasteiger partial charge is 0.316 e. The highest BCUT2D eigenvalue weighted by molar-refractivity contribution is 5.73. The summed E-state index contributed by atoms with van der Waals surface area (Å²) < 4.78 is 5.37. The number of rotatable bonds is 7. The van der Waals surface area contributed by atoms with E-state index in [0.29, 0.717) is 12.6 Å². The van der Waals surface area contributed by atoms with Crippen molar-refractivity contribution in [1.82, 2.24) is 15.5 Å². The van der Waals surface area contributed by atoms with Gasteiger partial charge in [0.25, 0.3) is 0 Å². The second kappa shape index (κ2) is 7.50. The monoisotopic (exact) mass is 245 g/mol. The summed E-state index contributed by atoms with van der Waals surface area (Å²) in [6, 6.07) is 0.304. The first kappa shape index (κ1) is 16.2. The lowest BCUT2D eigenvalue weighted by molar-refractivity contribution is 0.00865. The van der Waals surface area contributed by atoms with Crippen LogP contribution in [-0.2, 0) is 4.74 Å². The van der Waals surface area contributed by atoms with E-state index in [0.717, 1.165) is 13.0 Å². The summed E-state index contributed by atoms with van der Waals surface area (Å²) in [6.07, 6.45) is 0.936. The van der Waals surface area contributed by atoms with Crippen molar-refractivity contribution < 1.29 is 9.53 Å². The van der Waals surface area contributed by atoms with Crippen LogP contribution in [0.5, 0.6) is 0 Å². The van der Waals surface area contributed by atoms with E-state index < -0.39 is 0 Å². The Hall–Kier alpha value is -0.810. The minimum atomic E-state index is -0.112. The van der Waals surface area contributed by atoms with Crippen LogP contribution < -0.4 is 10.6 Å². The normalized spacial score (nSPS) is 13.3. The molecular weight excluding hydrogens is 218 g/mol. The average Bonchev–Trinajstić information content (AvgIpc) is 2.23. The highest BCUT2D eigenvalue weighted by Gasteiger charge is 2.19. The Morgan fingerprint density at radius 2 is 1.94 bits per heavy atom. The predicted octanol–water partition coefficient (Wildman–Crippen LogP) is 1.05. The number of hydrogen-bond donors (Lipinski definition) is 2. The maximum atomic E-state index is 11.2. The fraction of sp³-hybridized carbons (Fsp3) is 0.917. The van der Waals surface area contributed by atoms with Crippen molar-refractivity contribution in [3.63, 3.8) is 0 Å². The van der Waals surface area contributed by atoms with E-state index in [1.165, 1.54) is 4.90 Å². The van der Waals surface area contributed by atoms with Gasteiger partial charge in [0.15, 0.2) is 0 Å². The third-order valence-electron chi connectivity index (χ3n) is 2.65. The van der Waals surface area contributed by atoms with Crippen LogP contribution in [0.4, 0.5) is 4.79 Å². The number of amides is 2. The van der Waals surface area contributed by atoms with E-state index in [-0.39, 0.29) is 11.6 Å². The fourth-order valence-corrected chi connectivity index (χ4v) is 1.54. The Labute approximate surface area is 105 Å². The van der Waals surface area contributed by atoms with Gasteiger partial charge in [-0.15, -0.1) is 0 Å². The summed E-state index contributed by atoms with van der Waals surface area (Å²) in [5.74, 6) is 0. The van der Waals surface area contributed by atoms with Crippen molar-refractivity contribution in [3.05, 3.63) is 0 Å². The molecule has 0 aliphatic carbocycles. The van der Waals surface area contributed by atoms with Gasteiger partial charge in [-0.2, -0.15) is 0 Å². The van der Waals surface area contributed by atoms with Crippen LogP contribution in [0.15, 0.2) is 0 Å². The molecule has 0 fully saturated rings. The quantitative estimate of drug-likeness (QED) is 0.659. The molecule has 0 aromatic rings. The highest BCUT2D eigenvalue weighted by Crippen LogP contribution is 2.14. The molecule has 1 atom stereocenters. The van der Waals surface area contributed by atoms with Gasteiger partial charge in [-0.05, 0) is 27.2 Å². The minimum absolute atomic E-state index is 0.0586. The van der Waals surface area contributed by atoms with Crippen LogP contribution in [0.1, 0.15) is 27.2 Å². The first-order valence-electron chi connectivity index (χ1n) is 6.02. The second-order valence-electron chi connectivity index (χ2n) is 5.15. The van der Waals surface area contributed by atoms with E-state index in [1.54, 1.807) is 21.2 Å². The maximum absolute atomic E-state index is 11.2. The lowest BCUT2D eigenvalue weighted by Gasteiger charge is -2.27. The van der Waals surface area contributed by atoms with Crippen LogP contribution in [0.25, 0.3) is 0 Å². The highest BCUT2D eigenvalue weighted by atomic mass is 16.5. The SMILES string of the molecule is COC(C)(C)CC(C)NCCNC(=O)N(C)C. The molecule has 0 saturated carbocycles. The molecule has 0 aromatic heterocycles. The summed E-state index contributed by atoms with van der Waals surface area (Å²) >= 11 is 0. The summed E-state index contributed by atoms with van der Waals surface area (Å²) in [5.41, 5.74) is -0.112. The Morgan fingerprint density at radius 3 is 2.41 bits per heavy atom. The maximum Gasteiger partial charge on any atom is 0.316 e. The van der Waals surface area contributed by atoms with Gasteiger partial charge in [-0.25, -0.2) is 4.79 Å². The molecule has 0 bridgehead atoms. The number of methoxy groups -OCH3 is 1. The molecule has 2 amide bonds. The van der Waals surface area contributed by atoms with Gasteiger partial charge >= 0.3 is 6.03 Å². The third kappa shape index (κ3) is 7.99. The molecular formula is C12H27N3O2. The Balaban J connectivity index is 3.65. The van der Waals surface area contributed by atoms with Gasteiger partial charge in [-0.1, -0.05) is 0 Å². The molecule has 102 valence electrons. The summed E-state index contributed by atoms with van der Waals surface area (Å²) in [7, 11) is 5.18. The van der Waals surface area contributed by atoms with Crippen LogP contribution in [-0.4, -0.2) is 56.9 Å². The molecule has 0 saturated heterocycles. The van der Waals surface area contributed by atoms with Crippen molar-refractivity contribution in [2.24, 2.45) is 0 Å². The Morgan fingerprint density at radius 1 is 1.35 bits per heavy atom. The zero-order valence-electron chi connectivity index (χ0n) is 12.0. The van der Waals surface area contributed by atoms with Gasteiger partial charge in [0.2, 0.25) is 0 Å². The minimum Gasteiger partial charge on any atom is -0.379 e. The zero-order chi connectivity index (χ0) is 13.5. The van der Waals surface area contributed by atoms with E-state index in [2.05, 4.69) is 31.4 Å². The van der Waals surface area contributed by atoms with E-state index in [1.807, 2.05) is 0 Å². The number of nitrogens with zero attached hydrogens (tertiary/aromatic N) is 1. The molecule has 2 N–H and O–H groups in total. The summed E-state index contributed by atoms with van der Waals surface area (Å²) in [5, 5.41) is 6.16. The van der Waals surface area contributed by atoms with E-state index >= 15 is 0 Å². The molecule has 0 heterocycles. The first-order valence-corrected chi connectivity index (χ1v) is 6.02. The lowest BCUT2D eigenvalue weighted by Crippen LogP contribution is -2.42. The number of carbonyl (C=O) groups excluding carboxylic acids is 1. The molecule has 5 heteroatoms. The van der Waals surface area contributed by atoms with Gasteiger partial charge in [0.05, 0.1) is 5.60 Å². The molecule has 0 aliphatic heterocycles. The van der Waals surface area contributed by atoms with Crippen molar-refractivity contribution in [3.8, 4) is 0 Å². The largest absolute Gasteiger partial charge is 0.379 e. The Bertz CT molecular complexity index is 230. The molecule has 5 nitrogen and oxygen atoms in total. The summed E-state index contributed by atoms with van der Waals surface area (Å²) in [4.78, 5) is 12.8. The number of hydrogen-bond acceptors (Lipinski definition) is 3. The van der Waals surface area contributed by atoms with Gasteiger partial charge in [-0.3, -0.25) is 0 Å². The van der Waals surface area contributed by atoms with Crippen molar-refractivity contribution in [2.75, 3.05) is 34.3 Å². The van der Waals surface area contributed by atoms with Gasteiger partial charge in [0.1, 0.15) is 0 Å². The van der Waals surface area contributed by atoms with Crippen molar-refractivity contribution in [2.45, 2.75) is 38.8 Å². The van der Waals surface area contributed by atoms with Crippen LogP contribution in [0.3, 0.4) is 0 Å². The van der Waals surface area contributed by atoms with Gasteiger partial charge < -0.3 is 20.3 Å². The molecule has 17 heavy (non-hydrogen) atoms. The van der Waals surface area contributed by atoms with Crippen LogP contribution in [0.2, 0.25) is 0 Å². The predicted molar refractivity (Wildman–Crippen MR) is 70.3 cm³/mol. The molecule has 0 radical (unpaired) electrons. The molecule has 1 unspecified atom stereocenters. The number of nitrogens with one attached hydrogen (secondary N) is 2. The molecule has 0 aromatic carbocycles. The average molecular weight is 245 g/mol. The van der Waals surface area contributed by atoms with Crippen LogP contribution >= 0.6 is 0 Å². The molecule has 0 rings (SSSR count). The number of ether oxygens (including phenoxy) is 1. The number of urea groups is 1. The van der Waals surface area contributed by atoms with E-state index in [9.17, 15) is 4.79 Å². The Kier molecular flexibility index (Phi) is 7.15. The third-order valence-corrected chi connectivity index (χ3v) is 2.65. The van der Waals surface area contributed by atoms with Crippen molar-refractivity contribution in [1.29, 1.82) is 0 Å². The molecule has 0 aliphatic rings. The number of carbonyl (C=O) groups is 1. The standard InChI is InChI=1S/C12H27N3O2/c1-10(9-12(2,3)17-6)13-7-8-14-11(16)15(4)5/h10,13H,7-9H2,1-6H3,(H,14,16). The van der Waals surface area contributed by atoms with Crippen molar-refractivity contribution >= 4 is 6.03 Å². The fourth-order valence-electron chi connectivity index (χ4n) is 1.54. The zero-order valence-corrected chi connectivity index (χ0v) is 12.0. The topological polar surface area (TPSA) is 53.6 Å². The summed E-state index contributed by atoms with van der Waals surface area (Å²) in [6.45, 7) is 7.65. The van der Waals surface area contributed by atoms with Crippen LogP contribution in [0, 0.1) is 0 Å². The second-order valence-corrected chi connectivity index (χ2v) is 5.15. The van der Waals surface area contributed by atoms with E-state index in [4.69, 9.17) is 4.74 Å². The van der Waals surface area contributed by atoms with Gasteiger partial charge in [0, 0.05) is 40.3 Å². The molecule has 0 spiro atoms. The lowest BCUT2D eigenvalue weighted by atomic mass is 10.00.